The van der Waals surface area contributed by atoms with Gasteiger partial charge in [0.05, 0.1) is 29.9 Å². The Hall–Kier alpha value is -2.35. The molecule has 3 aromatic heterocycles. The van der Waals surface area contributed by atoms with Gasteiger partial charge in [0.2, 0.25) is 5.95 Å². The maximum absolute atomic E-state index is 13.6. The van der Waals surface area contributed by atoms with E-state index in [-0.39, 0.29) is 11.4 Å². The molecule has 0 atom stereocenters. The second kappa shape index (κ2) is 6.92. The van der Waals surface area contributed by atoms with Crippen LogP contribution in [0.3, 0.4) is 0 Å². The van der Waals surface area contributed by atoms with Crippen LogP contribution in [0.25, 0.3) is 10.9 Å². The molecule has 1 aliphatic rings. The molecular formula is C18H20FN6OPS. The molecule has 1 saturated heterocycles. The summed E-state index contributed by atoms with van der Waals surface area (Å²) in [5.74, 6) is 0.290. The molecule has 28 heavy (non-hydrogen) atoms. The van der Waals surface area contributed by atoms with E-state index < -0.39 is 5.95 Å². The summed E-state index contributed by atoms with van der Waals surface area (Å²) in [7, 11) is 5.59. The molecule has 0 radical (unpaired) electrons. The third kappa shape index (κ3) is 3.09. The number of hydrogen-bond donors (Lipinski definition) is 3. The number of thiol groups is 1. The van der Waals surface area contributed by atoms with Gasteiger partial charge < -0.3 is 20.4 Å². The lowest BCUT2D eigenvalue weighted by Crippen LogP contribution is -2.57. The Kier molecular flexibility index (Phi) is 4.69. The van der Waals surface area contributed by atoms with Crippen LogP contribution < -0.4 is 15.4 Å². The average Bonchev–Trinajstić information content (AvgIpc) is 2.90. The first-order chi connectivity index (χ1) is 13.3. The molecule has 3 aromatic rings. The first kappa shape index (κ1) is 19.0. The van der Waals surface area contributed by atoms with Gasteiger partial charge in [0.15, 0.2) is 0 Å². The number of ether oxygens (including phenoxy) is 1. The third-order valence-corrected chi connectivity index (χ3v) is 5.82. The minimum absolute atomic E-state index is 0.0977. The zero-order valence-corrected chi connectivity index (χ0v) is 17.3. The topological polar surface area (TPSA) is 81.2 Å². The van der Waals surface area contributed by atoms with Gasteiger partial charge in [0.1, 0.15) is 17.2 Å². The maximum atomic E-state index is 13.6. The van der Waals surface area contributed by atoms with E-state index in [0.717, 1.165) is 22.4 Å². The van der Waals surface area contributed by atoms with E-state index in [1.54, 1.807) is 12.3 Å². The zero-order chi connectivity index (χ0) is 20.1. The minimum Gasteiger partial charge on any atom is -0.384 e. The lowest BCUT2D eigenvalue weighted by atomic mass is 10.0. The summed E-state index contributed by atoms with van der Waals surface area (Å²) in [6, 6.07) is 6.69. The number of aromatic nitrogens is 3. The fourth-order valence-electron chi connectivity index (χ4n) is 3.33. The summed E-state index contributed by atoms with van der Waals surface area (Å²) in [4.78, 5) is 8.12. The van der Waals surface area contributed by atoms with Crippen LogP contribution in [0.2, 0.25) is 0 Å². The summed E-state index contributed by atoms with van der Waals surface area (Å²) in [6.07, 6.45) is 1.75. The van der Waals surface area contributed by atoms with Crippen LogP contribution in [0.1, 0.15) is 12.6 Å². The van der Waals surface area contributed by atoms with Crippen LogP contribution in [0.4, 0.5) is 21.7 Å². The SMILES string of the molecule is Cn1c(C(=P)Nc2cc(N)nc(F)c2)c2cccnc2c1N(S)C1(C)COC1. The van der Waals surface area contributed by atoms with Gasteiger partial charge in [0, 0.05) is 36.5 Å². The van der Waals surface area contributed by atoms with Crippen LogP contribution in [-0.4, -0.2) is 38.7 Å². The van der Waals surface area contributed by atoms with Crippen molar-refractivity contribution < 1.29 is 9.13 Å². The number of rotatable bonds is 5. The van der Waals surface area contributed by atoms with Crippen molar-refractivity contribution in [2.24, 2.45) is 7.05 Å². The van der Waals surface area contributed by atoms with E-state index in [1.165, 1.54) is 6.07 Å². The Morgan fingerprint density at radius 1 is 1.46 bits per heavy atom. The van der Waals surface area contributed by atoms with Gasteiger partial charge in [-0.3, -0.25) is 9.29 Å². The zero-order valence-electron chi connectivity index (χ0n) is 15.4. The van der Waals surface area contributed by atoms with E-state index in [9.17, 15) is 4.39 Å². The Morgan fingerprint density at radius 2 is 2.21 bits per heavy atom. The summed E-state index contributed by atoms with van der Waals surface area (Å²) in [6.45, 7) is 3.26. The van der Waals surface area contributed by atoms with Crippen LogP contribution >= 0.6 is 21.7 Å². The number of anilines is 3. The van der Waals surface area contributed by atoms with Gasteiger partial charge in [-0.1, -0.05) is 21.7 Å². The molecule has 1 fully saturated rings. The normalized spacial score (nSPS) is 15.3. The molecule has 146 valence electrons. The fraction of sp³-hybridized carbons (Fsp3) is 0.278. The smallest absolute Gasteiger partial charge is 0.216 e. The predicted molar refractivity (Wildman–Crippen MR) is 116 cm³/mol. The number of fused-ring (bicyclic) bond motifs is 1. The number of pyridine rings is 2. The highest BCUT2D eigenvalue weighted by molar-refractivity contribution is 7.81. The minimum atomic E-state index is -0.652. The van der Waals surface area contributed by atoms with Gasteiger partial charge in [-0.15, -0.1) is 0 Å². The number of halogens is 1. The summed E-state index contributed by atoms with van der Waals surface area (Å²) < 4.78 is 22.9. The standard InChI is InChI=1S/C18H20FN6OPS/c1-18(8-26-9-18)25(28)17-14-11(4-3-5-21-14)15(24(17)2)16(27)22-10-6-12(19)23-13(20)7-10/h3-7,27-28H,8-9H2,1-2H3,(H3,20,22,23). The van der Waals surface area contributed by atoms with Crippen LogP contribution in [0.15, 0.2) is 30.5 Å². The highest BCUT2D eigenvalue weighted by Crippen LogP contribution is 2.38. The van der Waals surface area contributed by atoms with Gasteiger partial charge in [0.25, 0.3) is 0 Å². The van der Waals surface area contributed by atoms with Crippen molar-refractivity contribution in [3.8, 4) is 0 Å². The molecule has 10 heteroatoms. The molecule has 4 rings (SSSR count). The van der Waals surface area contributed by atoms with E-state index >= 15 is 0 Å². The molecule has 7 nitrogen and oxygen atoms in total. The van der Waals surface area contributed by atoms with E-state index in [4.69, 9.17) is 23.3 Å². The van der Waals surface area contributed by atoms with Gasteiger partial charge in [-0.25, -0.2) is 4.98 Å². The summed E-state index contributed by atoms with van der Waals surface area (Å²) in [5.41, 5.74) is 8.19. The molecular weight excluding hydrogens is 398 g/mol. The van der Waals surface area contributed by atoms with Gasteiger partial charge in [-0.2, -0.15) is 4.39 Å². The molecule has 0 aliphatic carbocycles. The molecule has 4 heterocycles. The lowest BCUT2D eigenvalue weighted by Gasteiger charge is -2.45. The van der Waals surface area contributed by atoms with Gasteiger partial charge in [-0.05, 0) is 19.1 Å². The first-order valence-electron chi connectivity index (χ1n) is 8.59. The molecule has 0 amide bonds. The molecule has 0 spiro atoms. The molecule has 3 N–H and O–H groups in total. The Bertz CT molecular complexity index is 1060. The number of nitrogens with one attached hydrogen (secondary N) is 1. The quantitative estimate of drug-likeness (QED) is 0.336. The fourth-order valence-corrected chi connectivity index (χ4v) is 4.12. The van der Waals surface area contributed by atoms with Crippen LogP contribution in [0.5, 0.6) is 0 Å². The predicted octanol–water partition coefficient (Wildman–Crippen LogP) is 2.86. The molecule has 0 bridgehead atoms. The van der Waals surface area contributed by atoms with Crippen molar-refractivity contribution in [1.29, 1.82) is 0 Å². The molecule has 0 aromatic carbocycles. The number of nitrogen functional groups attached to an aromatic ring is 1. The Balaban J connectivity index is 1.79. The van der Waals surface area contributed by atoms with Crippen LogP contribution in [-0.2, 0) is 11.8 Å². The second-order valence-electron chi connectivity index (χ2n) is 7.04. The largest absolute Gasteiger partial charge is 0.384 e. The van der Waals surface area contributed by atoms with Crippen molar-refractivity contribution in [3.63, 3.8) is 0 Å². The molecule has 1 aliphatic heterocycles. The summed E-state index contributed by atoms with van der Waals surface area (Å²) in [5, 5.41) is 4.06. The van der Waals surface area contributed by atoms with E-state index in [0.29, 0.717) is 24.3 Å². The average molecular weight is 418 g/mol. The number of nitrogens with two attached hydrogens (primary N) is 1. The summed E-state index contributed by atoms with van der Waals surface area (Å²) >= 11 is 4.76. The second-order valence-corrected chi connectivity index (χ2v) is 7.94. The lowest BCUT2D eigenvalue weighted by molar-refractivity contribution is -0.0392. The van der Waals surface area contributed by atoms with E-state index in [2.05, 4.69) is 31.1 Å². The van der Waals surface area contributed by atoms with Gasteiger partial charge >= 0.3 is 0 Å². The van der Waals surface area contributed by atoms with E-state index in [1.807, 2.05) is 28.1 Å². The van der Waals surface area contributed by atoms with Crippen molar-refractivity contribution in [3.05, 3.63) is 42.1 Å². The van der Waals surface area contributed by atoms with Crippen molar-refractivity contribution in [2.75, 3.05) is 28.6 Å². The van der Waals surface area contributed by atoms with Crippen molar-refractivity contribution >= 4 is 55.3 Å². The van der Waals surface area contributed by atoms with Crippen molar-refractivity contribution in [1.82, 2.24) is 14.5 Å². The van der Waals surface area contributed by atoms with Crippen LogP contribution in [0, 0.1) is 5.95 Å². The number of hydrogen-bond acceptors (Lipinski definition) is 6. The highest BCUT2D eigenvalue weighted by atomic mass is 32.1. The molecule has 0 unspecified atom stereocenters. The third-order valence-electron chi connectivity index (χ3n) is 4.79. The monoisotopic (exact) mass is 418 g/mol. The first-order valence-corrected chi connectivity index (χ1v) is 9.49. The Labute approximate surface area is 169 Å². The maximum Gasteiger partial charge on any atom is 0.216 e. The Morgan fingerprint density at radius 3 is 2.86 bits per heavy atom. The van der Waals surface area contributed by atoms with Crippen molar-refractivity contribution in [2.45, 2.75) is 12.5 Å². The molecule has 0 saturated carbocycles. The number of nitrogens with zero attached hydrogens (tertiary/aromatic N) is 4. The highest BCUT2D eigenvalue weighted by Gasteiger charge is 2.41.